The molecule has 0 rings (SSSR count). The first-order chi connectivity index (χ1) is 5.31. The second-order valence-electron chi connectivity index (χ2n) is 1.92. The second-order valence-corrected chi connectivity index (χ2v) is 1.92. The van der Waals surface area contributed by atoms with Gasteiger partial charge in [-0.1, -0.05) is 49.8 Å². The smallest absolute Gasteiger partial charge is 0.0401 e. The summed E-state index contributed by atoms with van der Waals surface area (Å²) in [6.45, 7) is 10.1. The first kappa shape index (κ1) is 17.9. The van der Waals surface area contributed by atoms with E-state index in [1.54, 1.807) is 0 Å². The number of hydrogen-bond donors (Lipinski definition) is 0. The van der Waals surface area contributed by atoms with Crippen LogP contribution < -0.4 is 0 Å². The molecule has 0 fully saturated rings. The highest BCUT2D eigenvalue weighted by Gasteiger charge is 1.71. The number of rotatable bonds is 2. The van der Waals surface area contributed by atoms with Gasteiger partial charge in [-0.05, 0) is 20.8 Å². The topological polar surface area (TPSA) is 0 Å². The Hall–Kier alpha value is -0.0500. The molecular weight excluding hydrogens is 259 g/mol. The van der Waals surface area contributed by atoms with E-state index in [1.807, 2.05) is 45.9 Å². The fourth-order valence-corrected chi connectivity index (χ4v) is 0.415. The van der Waals surface area contributed by atoms with Crippen molar-refractivity contribution in [1.82, 2.24) is 0 Å². The monoisotopic (exact) mass is 280 g/mol. The summed E-state index contributed by atoms with van der Waals surface area (Å²) in [6, 6.07) is 0. The maximum absolute atomic E-state index is 2.08. The van der Waals surface area contributed by atoms with E-state index < -0.39 is 0 Å². The van der Waals surface area contributed by atoms with Gasteiger partial charge in [0.05, 0.1) is 0 Å². The molecule has 0 saturated heterocycles. The van der Waals surface area contributed by atoms with E-state index in [4.69, 9.17) is 0 Å². The Morgan fingerprint density at radius 1 is 1.00 bits per heavy atom. The molecular formula is C11H21I. The van der Waals surface area contributed by atoms with E-state index in [1.165, 1.54) is 5.57 Å². The third-order valence-electron chi connectivity index (χ3n) is 1.12. The summed E-state index contributed by atoms with van der Waals surface area (Å²) in [5, 5.41) is 0. The van der Waals surface area contributed by atoms with Crippen LogP contribution in [-0.2, 0) is 0 Å². The highest BCUT2D eigenvalue weighted by molar-refractivity contribution is 14.0. The molecule has 0 nitrogen and oxygen atoms in total. The van der Waals surface area contributed by atoms with Gasteiger partial charge in [-0.25, -0.2) is 0 Å². The maximum atomic E-state index is 2.08. The Kier molecular flexibility index (Phi) is 25.6. The van der Waals surface area contributed by atoms with Crippen molar-refractivity contribution in [3.8, 4) is 0 Å². The van der Waals surface area contributed by atoms with Crippen molar-refractivity contribution in [2.45, 2.75) is 34.6 Å². The Morgan fingerprint density at radius 2 is 1.50 bits per heavy atom. The summed E-state index contributed by atoms with van der Waals surface area (Å²) < 4.78 is 0. The van der Waals surface area contributed by atoms with Gasteiger partial charge in [0.1, 0.15) is 0 Å². The van der Waals surface area contributed by atoms with E-state index in [9.17, 15) is 0 Å². The van der Waals surface area contributed by atoms with Gasteiger partial charge in [-0.3, -0.25) is 0 Å². The summed E-state index contributed by atoms with van der Waals surface area (Å²) in [6.07, 6.45) is 10.2. The molecule has 0 N–H and O–H groups in total. The quantitative estimate of drug-likeness (QED) is 0.506. The molecule has 0 aromatic heterocycles. The van der Waals surface area contributed by atoms with Crippen LogP contribution in [0.5, 0.6) is 0 Å². The zero-order valence-electron chi connectivity index (χ0n) is 8.79. The molecule has 0 heterocycles. The lowest BCUT2D eigenvalue weighted by Gasteiger charge is -1.82. The predicted octanol–water partition coefficient (Wildman–Crippen LogP) is 4.73. The Bertz CT molecular complexity index is 141. The lowest BCUT2D eigenvalue weighted by Crippen LogP contribution is -1.61. The molecule has 1 heteroatoms. The van der Waals surface area contributed by atoms with Crippen molar-refractivity contribution < 1.29 is 0 Å². The Labute approximate surface area is 94.5 Å². The SMILES string of the molecule is CC.C\C=C/C=C\C(C)=C/C.I. The van der Waals surface area contributed by atoms with Crippen LogP contribution in [-0.4, -0.2) is 0 Å². The highest BCUT2D eigenvalue weighted by Crippen LogP contribution is 1.92. The average molecular weight is 280 g/mol. The molecule has 72 valence electrons. The fourth-order valence-electron chi connectivity index (χ4n) is 0.415. The predicted molar refractivity (Wildman–Crippen MR) is 70.1 cm³/mol. The minimum Gasteiger partial charge on any atom is -0.107 e. The lowest BCUT2D eigenvalue weighted by molar-refractivity contribution is 1.48. The summed E-state index contributed by atoms with van der Waals surface area (Å²) >= 11 is 0. The molecule has 0 atom stereocenters. The van der Waals surface area contributed by atoms with Crippen molar-refractivity contribution in [3.63, 3.8) is 0 Å². The maximum Gasteiger partial charge on any atom is -0.0401 e. The van der Waals surface area contributed by atoms with Crippen LogP contribution in [0, 0.1) is 0 Å². The molecule has 0 aliphatic rings. The minimum absolute atomic E-state index is 0. The molecule has 0 radical (unpaired) electrons. The summed E-state index contributed by atoms with van der Waals surface area (Å²) in [5.74, 6) is 0. The van der Waals surface area contributed by atoms with Crippen molar-refractivity contribution in [3.05, 3.63) is 36.0 Å². The van der Waals surface area contributed by atoms with E-state index in [0.29, 0.717) is 0 Å². The molecule has 0 amide bonds. The standard InChI is InChI=1S/C9H14.C2H6.HI/c1-4-6-7-8-9(3)5-2;1-2;/h4-8H,1-3H3;1-2H3;1H/b6-4-,8-7-,9-5-;;. The molecule has 0 spiro atoms. The first-order valence-corrected chi connectivity index (χ1v) is 4.23. The average Bonchev–Trinajstić information content (AvgIpc) is 2.08. The zero-order chi connectivity index (χ0) is 9.11. The van der Waals surface area contributed by atoms with Crippen LogP contribution in [0.2, 0.25) is 0 Å². The van der Waals surface area contributed by atoms with Gasteiger partial charge in [0.2, 0.25) is 0 Å². The van der Waals surface area contributed by atoms with Gasteiger partial charge < -0.3 is 0 Å². The summed E-state index contributed by atoms with van der Waals surface area (Å²) in [5.41, 5.74) is 1.30. The molecule has 0 bridgehead atoms. The molecule has 0 aromatic rings. The molecule has 0 aliphatic carbocycles. The van der Waals surface area contributed by atoms with Crippen LogP contribution in [0.4, 0.5) is 0 Å². The Balaban J connectivity index is -0.000000249. The van der Waals surface area contributed by atoms with Gasteiger partial charge >= 0.3 is 0 Å². The van der Waals surface area contributed by atoms with E-state index in [-0.39, 0.29) is 24.0 Å². The van der Waals surface area contributed by atoms with E-state index in [2.05, 4.69) is 19.1 Å². The number of hydrogen-bond acceptors (Lipinski definition) is 0. The minimum atomic E-state index is 0. The van der Waals surface area contributed by atoms with E-state index >= 15 is 0 Å². The molecule has 0 aromatic carbocycles. The van der Waals surface area contributed by atoms with Gasteiger partial charge in [0, 0.05) is 0 Å². The van der Waals surface area contributed by atoms with Crippen molar-refractivity contribution in [2.75, 3.05) is 0 Å². The summed E-state index contributed by atoms with van der Waals surface area (Å²) in [7, 11) is 0. The first-order valence-electron chi connectivity index (χ1n) is 4.23. The normalized spacial score (nSPS) is 10.9. The van der Waals surface area contributed by atoms with Crippen LogP contribution in [0.1, 0.15) is 34.6 Å². The third kappa shape index (κ3) is 16.5. The fraction of sp³-hybridized carbons (Fsp3) is 0.455. The van der Waals surface area contributed by atoms with Crippen LogP contribution in [0.25, 0.3) is 0 Å². The van der Waals surface area contributed by atoms with Gasteiger partial charge in [0.15, 0.2) is 0 Å². The molecule has 0 aliphatic heterocycles. The van der Waals surface area contributed by atoms with Crippen LogP contribution in [0.3, 0.4) is 0 Å². The third-order valence-corrected chi connectivity index (χ3v) is 1.12. The second kappa shape index (κ2) is 17.2. The van der Waals surface area contributed by atoms with Crippen molar-refractivity contribution in [2.24, 2.45) is 0 Å². The largest absolute Gasteiger partial charge is 0.107 e. The van der Waals surface area contributed by atoms with E-state index in [0.717, 1.165) is 0 Å². The molecule has 0 saturated carbocycles. The van der Waals surface area contributed by atoms with Crippen molar-refractivity contribution >= 4 is 24.0 Å². The zero-order valence-corrected chi connectivity index (χ0v) is 11.1. The van der Waals surface area contributed by atoms with Crippen LogP contribution >= 0.6 is 24.0 Å². The van der Waals surface area contributed by atoms with Crippen LogP contribution in [0.15, 0.2) is 36.0 Å². The van der Waals surface area contributed by atoms with Gasteiger partial charge in [-0.15, -0.1) is 24.0 Å². The number of allylic oxidation sites excluding steroid dienone is 6. The lowest BCUT2D eigenvalue weighted by atomic mass is 10.2. The van der Waals surface area contributed by atoms with Gasteiger partial charge in [-0.2, -0.15) is 0 Å². The highest BCUT2D eigenvalue weighted by atomic mass is 127. The van der Waals surface area contributed by atoms with Crippen molar-refractivity contribution in [1.29, 1.82) is 0 Å². The molecule has 0 unspecified atom stereocenters. The summed E-state index contributed by atoms with van der Waals surface area (Å²) in [4.78, 5) is 0. The van der Waals surface area contributed by atoms with Gasteiger partial charge in [0.25, 0.3) is 0 Å². The Morgan fingerprint density at radius 3 is 1.83 bits per heavy atom. The molecule has 12 heavy (non-hydrogen) atoms. The number of halogens is 1.